The van der Waals surface area contributed by atoms with E-state index in [2.05, 4.69) is 60.2 Å². The maximum Gasteiger partial charge on any atom is 0.114 e. The fraction of sp³-hybridized carbons (Fsp3) is 0.222. The first-order chi connectivity index (χ1) is 10.1. The Balaban J connectivity index is 2.04. The van der Waals surface area contributed by atoms with Crippen molar-refractivity contribution in [2.24, 2.45) is 0 Å². The molecule has 0 atom stereocenters. The van der Waals surface area contributed by atoms with Crippen LogP contribution in [0.2, 0.25) is 0 Å². The number of H-pyrrole nitrogens is 1. The summed E-state index contributed by atoms with van der Waals surface area (Å²) in [5.41, 5.74) is 9.05. The van der Waals surface area contributed by atoms with Gasteiger partial charge in [-0.1, -0.05) is 24.3 Å². The number of hydrogen-bond acceptors (Lipinski definition) is 2. The number of aromatic amines is 1. The van der Waals surface area contributed by atoms with Gasteiger partial charge in [0, 0.05) is 17.5 Å². The second kappa shape index (κ2) is 5.17. The van der Waals surface area contributed by atoms with E-state index in [4.69, 9.17) is 0 Å². The van der Waals surface area contributed by atoms with Gasteiger partial charge in [0.2, 0.25) is 0 Å². The average Bonchev–Trinajstić information content (AvgIpc) is 2.80. The molecular weight excluding hydrogens is 258 g/mol. The molecule has 0 fully saturated rings. The molecule has 21 heavy (non-hydrogen) atoms. The van der Waals surface area contributed by atoms with Gasteiger partial charge in [-0.05, 0) is 56.0 Å². The second-order valence-electron chi connectivity index (χ2n) is 5.52. The number of nitrogens with zero attached hydrogens (tertiary/aromatic N) is 2. The first-order valence-corrected chi connectivity index (χ1v) is 7.12. The topological polar surface area (TPSA) is 41.6 Å². The number of pyridine rings is 1. The predicted octanol–water partition coefficient (Wildman–Crippen LogP) is 4.37. The normalized spacial score (nSPS) is 10.9. The van der Waals surface area contributed by atoms with Crippen LogP contribution in [0, 0.1) is 27.7 Å². The third-order valence-electron chi connectivity index (χ3n) is 4.03. The van der Waals surface area contributed by atoms with Crippen molar-refractivity contribution in [2.45, 2.75) is 27.7 Å². The average molecular weight is 277 g/mol. The monoisotopic (exact) mass is 277 g/mol. The van der Waals surface area contributed by atoms with Crippen molar-refractivity contribution in [1.82, 2.24) is 15.2 Å². The molecule has 2 aromatic heterocycles. The molecule has 0 aliphatic carbocycles. The van der Waals surface area contributed by atoms with E-state index in [1.54, 1.807) is 0 Å². The number of rotatable bonds is 2. The van der Waals surface area contributed by atoms with Crippen molar-refractivity contribution < 1.29 is 0 Å². The number of aromatic nitrogens is 3. The molecule has 1 N–H and O–H groups in total. The zero-order valence-electron chi connectivity index (χ0n) is 12.9. The second-order valence-corrected chi connectivity index (χ2v) is 5.52. The van der Waals surface area contributed by atoms with Gasteiger partial charge in [-0.2, -0.15) is 5.10 Å². The third kappa shape index (κ3) is 2.35. The summed E-state index contributed by atoms with van der Waals surface area (Å²) >= 11 is 0. The van der Waals surface area contributed by atoms with Gasteiger partial charge >= 0.3 is 0 Å². The Morgan fingerprint density at radius 1 is 0.905 bits per heavy atom. The fourth-order valence-electron chi connectivity index (χ4n) is 2.69. The smallest absolute Gasteiger partial charge is 0.114 e. The zero-order valence-corrected chi connectivity index (χ0v) is 12.9. The number of hydrogen-bond donors (Lipinski definition) is 1. The molecular formula is C18H19N3. The van der Waals surface area contributed by atoms with E-state index in [1.165, 1.54) is 16.7 Å². The van der Waals surface area contributed by atoms with E-state index in [0.29, 0.717) is 0 Å². The molecule has 2 heterocycles. The highest BCUT2D eigenvalue weighted by Gasteiger charge is 2.11. The molecule has 3 rings (SSSR count). The highest BCUT2D eigenvalue weighted by Crippen LogP contribution is 2.28. The molecule has 0 amide bonds. The molecule has 106 valence electrons. The van der Waals surface area contributed by atoms with Crippen molar-refractivity contribution in [1.29, 1.82) is 0 Å². The van der Waals surface area contributed by atoms with Crippen molar-refractivity contribution in [2.75, 3.05) is 0 Å². The lowest BCUT2D eigenvalue weighted by Crippen LogP contribution is -1.91. The van der Waals surface area contributed by atoms with Crippen LogP contribution in [-0.4, -0.2) is 15.2 Å². The highest BCUT2D eigenvalue weighted by atomic mass is 15.1. The largest absolute Gasteiger partial charge is 0.282 e. The first kappa shape index (κ1) is 13.6. The third-order valence-corrected chi connectivity index (χ3v) is 4.03. The van der Waals surface area contributed by atoms with Crippen molar-refractivity contribution >= 4 is 0 Å². The molecule has 3 nitrogen and oxygen atoms in total. The van der Waals surface area contributed by atoms with Gasteiger partial charge < -0.3 is 0 Å². The SMILES string of the molecule is Cc1cccc(C)c1-c1ccc(-c2n[nH]c(C)c2C)nc1. The predicted molar refractivity (Wildman–Crippen MR) is 86.2 cm³/mol. The summed E-state index contributed by atoms with van der Waals surface area (Å²) in [6.07, 6.45) is 1.94. The maximum atomic E-state index is 4.60. The van der Waals surface area contributed by atoms with Gasteiger partial charge in [0.05, 0.1) is 5.69 Å². The number of benzene rings is 1. The van der Waals surface area contributed by atoms with Crippen molar-refractivity contribution in [3.8, 4) is 22.5 Å². The van der Waals surface area contributed by atoms with Gasteiger partial charge in [-0.25, -0.2) is 0 Å². The van der Waals surface area contributed by atoms with Crippen LogP contribution in [-0.2, 0) is 0 Å². The van der Waals surface area contributed by atoms with Crippen LogP contribution in [0.15, 0.2) is 36.5 Å². The minimum absolute atomic E-state index is 0.909. The summed E-state index contributed by atoms with van der Waals surface area (Å²) < 4.78 is 0. The Morgan fingerprint density at radius 2 is 1.62 bits per heavy atom. The van der Waals surface area contributed by atoms with Gasteiger partial charge in [0.25, 0.3) is 0 Å². The molecule has 3 heteroatoms. The van der Waals surface area contributed by atoms with Gasteiger partial charge in [0.15, 0.2) is 0 Å². The van der Waals surface area contributed by atoms with Gasteiger partial charge in [-0.15, -0.1) is 0 Å². The lowest BCUT2D eigenvalue weighted by Gasteiger charge is -2.10. The lowest BCUT2D eigenvalue weighted by atomic mass is 9.97. The summed E-state index contributed by atoms with van der Waals surface area (Å²) in [6.45, 7) is 8.36. The van der Waals surface area contributed by atoms with Crippen molar-refractivity contribution in [3.05, 3.63) is 58.9 Å². The minimum atomic E-state index is 0.909. The summed E-state index contributed by atoms with van der Waals surface area (Å²) in [4.78, 5) is 4.60. The van der Waals surface area contributed by atoms with Crippen LogP contribution in [0.4, 0.5) is 0 Å². The van der Waals surface area contributed by atoms with Gasteiger partial charge in [-0.3, -0.25) is 10.1 Å². The first-order valence-electron chi connectivity index (χ1n) is 7.12. The van der Waals surface area contributed by atoms with Crippen LogP contribution in [0.25, 0.3) is 22.5 Å². The summed E-state index contributed by atoms with van der Waals surface area (Å²) in [5, 5.41) is 7.35. The molecule has 0 bridgehead atoms. The van der Waals surface area contributed by atoms with Crippen LogP contribution in [0.3, 0.4) is 0 Å². The molecule has 0 saturated carbocycles. The summed E-state index contributed by atoms with van der Waals surface area (Å²) in [7, 11) is 0. The van der Waals surface area contributed by atoms with Crippen LogP contribution in [0.1, 0.15) is 22.4 Å². The Kier molecular flexibility index (Phi) is 3.34. The van der Waals surface area contributed by atoms with E-state index in [1.807, 2.05) is 19.2 Å². The Bertz CT molecular complexity index is 762. The fourth-order valence-corrected chi connectivity index (χ4v) is 2.69. The Hall–Kier alpha value is -2.42. The van der Waals surface area contributed by atoms with Gasteiger partial charge in [0.1, 0.15) is 5.69 Å². The van der Waals surface area contributed by atoms with Crippen LogP contribution < -0.4 is 0 Å². The zero-order chi connectivity index (χ0) is 15.0. The van der Waals surface area contributed by atoms with Crippen LogP contribution in [0.5, 0.6) is 0 Å². The Labute approximate surface area is 125 Å². The number of nitrogens with one attached hydrogen (secondary N) is 1. The van der Waals surface area contributed by atoms with E-state index >= 15 is 0 Å². The summed E-state index contributed by atoms with van der Waals surface area (Å²) in [5.74, 6) is 0. The maximum absolute atomic E-state index is 4.60. The van der Waals surface area contributed by atoms with E-state index < -0.39 is 0 Å². The van der Waals surface area contributed by atoms with E-state index in [0.717, 1.165) is 28.2 Å². The molecule has 3 aromatic rings. The highest BCUT2D eigenvalue weighted by molar-refractivity contribution is 5.72. The summed E-state index contributed by atoms with van der Waals surface area (Å²) in [6, 6.07) is 10.5. The Morgan fingerprint density at radius 3 is 2.14 bits per heavy atom. The van der Waals surface area contributed by atoms with Crippen LogP contribution >= 0.6 is 0 Å². The molecule has 0 unspecified atom stereocenters. The quantitative estimate of drug-likeness (QED) is 0.755. The molecule has 0 saturated heterocycles. The lowest BCUT2D eigenvalue weighted by molar-refractivity contribution is 1.04. The molecule has 0 aliphatic heterocycles. The van der Waals surface area contributed by atoms with E-state index in [9.17, 15) is 0 Å². The molecule has 0 radical (unpaired) electrons. The minimum Gasteiger partial charge on any atom is -0.282 e. The van der Waals surface area contributed by atoms with E-state index in [-0.39, 0.29) is 0 Å². The molecule has 1 aromatic carbocycles. The number of aryl methyl sites for hydroxylation is 3. The van der Waals surface area contributed by atoms with Crippen molar-refractivity contribution in [3.63, 3.8) is 0 Å². The molecule has 0 spiro atoms. The molecule has 0 aliphatic rings. The standard InChI is InChI=1S/C18H19N3/c1-11-6-5-7-12(2)17(11)15-8-9-16(19-10-15)18-13(3)14(4)20-21-18/h5-10H,1-4H3,(H,20,21).